The molecule has 4 aromatic heterocycles. The molecular weight excluding hydrogens is 687 g/mol. The van der Waals surface area contributed by atoms with Gasteiger partial charge in [0.25, 0.3) is 5.56 Å². The highest BCUT2D eigenvalue weighted by atomic mass is 32.7. The summed E-state index contributed by atoms with van der Waals surface area (Å²) in [5, 5.41) is 0. The zero-order valence-electron chi connectivity index (χ0n) is 25.0. The molecule has 0 saturated carbocycles. The Morgan fingerprint density at radius 3 is 2.49 bits per heavy atom. The largest absolute Gasteiger partial charge is 0.472 e. The minimum Gasteiger partial charge on any atom is -0.382 e. The number of nitrogens with two attached hydrogens (primary N) is 1. The Labute approximate surface area is 268 Å². The highest BCUT2D eigenvalue weighted by molar-refractivity contribution is 8.55. The van der Waals surface area contributed by atoms with Gasteiger partial charge in [-0.2, -0.15) is 0 Å². The van der Waals surface area contributed by atoms with E-state index in [1.807, 2.05) is 0 Å². The van der Waals surface area contributed by atoms with Crippen molar-refractivity contribution in [2.24, 2.45) is 0 Å². The number of H-pyrrole nitrogens is 1. The molecule has 4 N–H and O–H groups in total. The van der Waals surface area contributed by atoms with Crippen LogP contribution in [0.2, 0.25) is 0 Å². The third-order valence-corrected chi connectivity index (χ3v) is 13.1. The predicted octanol–water partition coefficient (Wildman–Crippen LogP) is 2.62. The van der Waals surface area contributed by atoms with Crippen LogP contribution in [0.1, 0.15) is 39.6 Å². The van der Waals surface area contributed by atoms with E-state index in [1.54, 1.807) is 20.8 Å². The lowest BCUT2D eigenvalue weighted by atomic mass is 10.1. The standard InChI is InChI=1S/C24H30FN9O10P2S/c1-24(2,3)47-46(38)40-6-13-18(15(25)23(42-13)34-10-31-16-19(26)27-7-28-20(16)34)44-45(36,37)39-5-12-11(43-46)4-14(41-12)33-9-32-17-21(33)29-8-30-22(17)35/h7-15,18,23H,4-6H2,1-3H3,(H,36,37)(H2,26,27,28)(H,29,30,35)/t11-,12+,13+,14+,15+,18+,23+,46?/m0/s1. The predicted molar refractivity (Wildman–Crippen MR) is 162 cm³/mol. The Kier molecular flexibility index (Phi) is 8.31. The molecule has 7 rings (SSSR count). The maximum absolute atomic E-state index is 16.1. The lowest BCUT2D eigenvalue weighted by Gasteiger charge is -2.31. The monoisotopic (exact) mass is 717 g/mol. The summed E-state index contributed by atoms with van der Waals surface area (Å²) in [6.45, 7) is 0.167. The highest BCUT2D eigenvalue weighted by Crippen LogP contribution is 2.67. The van der Waals surface area contributed by atoms with Crippen LogP contribution in [-0.4, -0.2) is 92.5 Å². The SMILES string of the molecule is CC(C)(C)SP1(=O)OC[C@H]2O[C@@H](n3cnc4c(N)ncnc43)[C@H](F)[C@@H]2OP(=O)(O)OC[C@H]2O[C@@H](n3cnc4c(=O)[nH]cnc43)C[C@@H]2O1. The molecule has 0 spiro atoms. The maximum Gasteiger partial charge on any atom is 0.472 e. The number of fused-ring (bicyclic) bond motifs is 4. The molecule has 3 fully saturated rings. The van der Waals surface area contributed by atoms with Crippen molar-refractivity contribution >= 4 is 54.1 Å². The zero-order valence-corrected chi connectivity index (χ0v) is 27.6. The number of nitrogens with zero attached hydrogens (tertiary/aromatic N) is 7. The van der Waals surface area contributed by atoms with Crippen LogP contribution in [0.4, 0.5) is 10.2 Å². The topological polar surface area (TPSA) is 243 Å². The number of phosphoric acid groups is 1. The molecule has 47 heavy (non-hydrogen) atoms. The summed E-state index contributed by atoms with van der Waals surface area (Å²) in [7, 11) is -4.98. The van der Waals surface area contributed by atoms with Gasteiger partial charge in [-0.15, -0.1) is 0 Å². The average molecular weight is 718 g/mol. The molecule has 3 aliphatic heterocycles. The van der Waals surface area contributed by atoms with E-state index in [2.05, 4.69) is 29.9 Å². The fourth-order valence-electron chi connectivity index (χ4n) is 5.54. The molecule has 0 aliphatic carbocycles. The Hall–Kier alpha value is -2.84. The van der Waals surface area contributed by atoms with Gasteiger partial charge in [-0.1, -0.05) is 20.8 Å². The van der Waals surface area contributed by atoms with Gasteiger partial charge in [0.05, 0.1) is 32.2 Å². The molecule has 4 aromatic rings. The van der Waals surface area contributed by atoms with Gasteiger partial charge in [0.1, 0.15) is 42.5 Å². The smallest absolute Gasteiger partial charge is 0.382 e. The van der Waals surface area contributed by atoms with Crippen molar-refractivity contribution in [3.05, 3.63) is 35.7 Å². The van der Waals surface area contributed by atoms with Crippen molar-refractivity contribution in [2.75, 3.05) is 18.9 Å². The number of aromatic nitrogens is 8. The number of anilines is 1. The van der Waals surface area contributed by atoms with Crippen LogP contribution in [0, 0.1) is 0 Å². The average Bonchev–Trinajstić information content (AvgIpc) is 3.76. The van der Waals surface area contributed by atoms with Crippen LogP contribution < -0.4 is 11.3 Å². The summed E-state index contributed by atoms with van der Waals surface area (Å²) in [6.07, 6.45) is -4.56. The lowest BCUT2D eigenvalue weighted by Crippen LogP contribution is -2.35. The first-order valence-electron chi connectivity index (χ1n) is 14.3. The Morgan fingerprint density at radius 2 is 1.70 bits per heavy atom. The summed E-state index contributed by atoms with van der Waals surface area (Å²) in [6, 6.07) is 0. The van der Waals surface area contributed by atoms with Crippen LogP contribution in [0.25, 0.3) is 22.3 Å². The first-order valence-corrected chi connectivity index (χ1v) is 18.7. The van der Waals surface area contributed by atoms with E-state index in [0.717, 1.165) is 11.4 Å². The van der Waals surface area contributed by atoms with Crippen molar-refractivity contribution in [3.8, 4) is 0 Å². The number of hydrogen-bond acceptors (Lipinski definition) is 16. The molecular formula is C24H30FN9O10P2S. The van der Waals surface area contributed by atoms with Gasteiger partial charge in [0.15, 0.2) is 35.0 Å². The second-order valence-electron chi connectivity index (χ2n) is 11.9. The summed E-state index contributed by atoms with van der Waals surface area (Å²) in [5.74, 6) is 0.0555. The number of halogens is 1. The highest BCUT2D eigenvalue weighted by Gasteiger charge is 2.53. The van der Waals surface area contributed by atoms with E-state index in [4.69, 9.17) is 33.3 Å². The Balaban J connectivity index is 1.20. The normalized spacial score (nSPS) is 35.4. The van der Waals surface area contributed by atoms with Gasteiger partial charge < -0.3 is 25.1 Å². The number of hydrogen-bond donors (Lipinski definition) is 3. The van der Waals surface area contributed by atoms with Gasteiger partial charge >= 0.3 is 14.6 Å². The molecule has 0 bridgehead atoms. The molecule has 3 saturated heterocycles. The van der Waals surface area contributed by atoms with Crippen LogP contribution in [0.5, 0.6) is 0 Å². The van der Waals surface area contributed by atoms with Gasteiger partial charge in [0, 0.05) is 11.2 Å². The minimum absolute atomic E-state index is 0.0402. The Bertz CT molecular complexity index is 1970. The van der Waals surface area contributed by atoms with Crippen LogP contribution in [0.15, 0.2) is 30.1 Å². The molecule has 19 nitrogen and oxygen atoms in total. The first-order chi connectivity index (χ1) is 22.2. The number of alkyl halides is 1. The number of nitrogens with one attached hydrogen (secondary N) is 1. The third-order valence-electron chi connectivity index (χ3n) is 7.49. The summed E-state index contributed by atoms with van der Waals surface area (Å²) in [5.41, 5.74) is 6.03. The quantitative estimate of drug-likeness (QED) is 0.258. The number of aromatic amines is 1. The van der Waals surface area contributed by atoms with Gasteiger partial charge in [-0.3, -0.25) is 32.0 Å². The summed E-state index contributed by atoms with van der Waals surface area (Å²) in [4.78, 5) is 45.8. The lowest BCUT2D eigenvalue weighted by molar-refractivity contribution is -0.0602. The minimum atomic E-state index is -4.98. The number of imidazole rings is 2. The molecule has 0 aromatic carbocycles. The molecule has 9 atom stereocenters. The zero-order chi connectivity index (χ0) is 33.3. The van der Waals surface area contributed by atoms with Crippen LogP contribution >= 0.6 is 26.0 Å². The molecule has 23 heteroatoms. The van der Waals surface area contributed by atoms with E-state index in [9.17, 15) is 18.8 Å². The Morgan fingerprint density at radius 1 is 0.979 bits per heavy atom. The summed E-state index contributed by atoms with van der Waals surface area (Å²) < 4.78 is 80.6. The van der Waals surface area contributed by atoms with Crippen molar-refractivity contribution in [1.82, 2.24) is 39.0 Å². The molecule has 7 heterocycles. The number of nitrogen functional groups attached to an aromatic ring is 1. The van der Waals surface area contributed by atoms with Crippen LogP contribution in [-0.2, 0) is 36.7 Å². The van der Waals surface area contributed by atoms with Gasteiger partial charge in [-0.05, 0) is 11.4 Å². The third kappa shape index (κ3) is 6.37. The van der Waals surface area contributed by atoms with E-state index >= 15 is 4.39 Å². The van der Waals surface area contributed by atoms with Crippen molar-refractivity contribution < 1.29 is 46.0 Å². The number of phosphoric ester groups is 1. The van der Waals surface area contributed by atoms with E-state index in [1.165, 1.54) is 34.4 Å². The molecule has 2 unspecified atom stereocenters. The number of ether oxygens (including phenoxy) is 2. The maximum atomic E-state index is 16.1. The molecule has 0 radical (unpaired) electrons. The number of rotatable bonds is 3. The summed E-state index contributed by atoms with van der Waals surface area (Å²) >= 11 is 0.917. The first kappa shape index (κ1) is 32.7. The molecule has 3 aliphatic rings. The fraction of sp³-hybridized carbons (Fsp3) is 0.583. The van der Waals surface area contributed by atoms with Crippen molar-refractivity contribution in [3.63, 3.8) is 0 Å². The molecule has 254 valence electrons. The van der Waals surface area contributed by atoms with Gasteiger partial charge in [0.2, 0.25) is 0 Å². The van der Waals surface area contributed by atoms with E-state index in [0.29, 0.717) is 0 Å². The van der Waals surface area contributed by atoms with Gasteiger partial charge in [-0.25, -0.2) is 38.4 Å². The molecule has 0 amide bonds. The second-order valence-corrected chi connectivity index (χ2v) is 18.0. The van der Waals surface area contributed by atoms with E-state index < -0.39 is 81.2 Å². The van der Waals surface area contributed by atoms with E-state index in [-0.39, 0.29) is 34.6 Å². The van der Waals surface area contributed by atoms with Crippen LogP contribution in [0.3, 0.4) is 0 Å². The second kappa shape index (κ2) is 11.9. The fourth-order valence-corrected chi connectivity index (χ4v) is 11.0. The van der Waals surface area contributed by atoms with Crippen molar-refractivity contribution in [2.45, 2.75) is 75.0 Å². The van der Waals surface area contributed by atoms with Crippen molar-refractivity contribution in [1.29, 1.82) is 0 Å².